The van der Waals surface area contributed by atoms with Crippen LogP contribution in [0.3, 0.4) is 0 Å². The summed E-state index contributed by atoms with van der Waals surface area (Å²) in [6.07, 6.45) is 3.39. The molecular weight excluding hydrogens is 346 g/mol. The summed E-state index contributed by atoms with van der Waals surface area (Å²) in [7, 11) is 0. The zero-order chi connectivity index (χ0) is 19.0. The number of fused-ring (bicyclic) bond motifs is 1. The molecule has 1 aliphatic carbocycles. The third kappa shape index (κ3) is 3.50. The first-order chi connectivity index (χ1) is 13.0. The highest BCUT2D eigenvalue weighted by Gasteiger charge is 2.31. The van der Waals surface area contributed by atoms with Crippen LogP contribution in [0.5, 0.6) is 5.75 Å². The number of nitrogens with zero attached hydrogens (tertiary/aromatic N) is 2. The van der Waals surface area contributed by atoms with Crippen molar-refractivity contribution in [3.8, 4) is 5.75 Å². The molecule has 7 nitrogen and oxygen atoms in total. The van der Waals surface area contributed by atoms with Crippen LogP contribution in [0.25, 0.3) is 0 Å². The Balaban J connectivity index is 1.43. The summed E-state index contributed by atoms with van der Waals surface area (Å²) in [5, 5.41) is 2.78. The molecule has 144 valence electrons. The molecule has 1 atom stereocenters. The van der Waals surface area contributed by atoms with Gasteiger partial charge in [-0.3, -0.25) is 14.4 Å². The highest BCUT2D eigenvalue weighted by molar-refractivity contribution is 6.01. The maximum Gasteiger partial charge on any atom is 0.265 e. The molecule has 1 unspecified atom stereocenters. The van der Waals surface area contributed by atoms with E-state index in [1.807, 2.05) is 4.90 Å². The van der Waals surface area contributed by atoms with Crippen LogP contribution in [0.2, 0.25) is 0 Å². The van der Waals surface area contributed by atoms with E-state index in [1.54, 1.807) is 30.0 Å². The molecule has 1 aromatic rings. The van der Waals surface area contributed by atoms with E-state index in [9.17, 15) is 14.4 Å². The Kier molecular flexibility index (Phi) is 4.76. The van der Waals surface area contributed by atoms with Crippen molar-refractivity contribution < 1.29 is 19.1 Å². The van der Waals surface area contributed by atoms with Gasteiger partial charge in [-0.1, -0.05) is 6.42 Å². The van der Waals surface area contributed by atoms with Crippen molar-refractivity contribution in [2.45, 2.75) is 38.7 Å². The first kappa shape index (κ1) is 17.8. The van der Waals surface area contributed by atoms with Crippen molar-refractivity contribution in [2.24, 2.45) is 5.92 Å². The largest absolute Gasteiger partial charge is 0.479 e. The van der Waals surface area contributed by atoms with E-state index in [0.717, 1.165) is 25.7 Å². The molecule has 7 heteroatoms. The normalized spacial score (nSPS) is 22.9. The second-order valence-corrected chi connectivity index (χ2v) is 7.56. The molecule has 2 aliphatic heterocycles. The summed E-state index contributed by atoms with van der Waals surface area (Å²) in [6, 6.07) is 5.12. The van der Waals surface area contributed by atoms with E-state index in [1.165, 1.54) is 0 Å². The average molecular weight is 371 g/mol. The van der Waals surface area contributed by atoms with Crippen molar-refractivity contribution in [3.63, 3.8) is 0 Å². The van der Waals surface area contributed by atoms with Gasteiger partial charge in [0.15, 0.2) is 6.10 Å². The predicted octanol–water partition coefficient (Wildman–Crippen LogP) is 1.88. The number of carbonyl (C=O) groups excluding carboxylic acids is 3. The maximum atomic E-state index is 12.9. The second-order valence-electron chi connectivity index (χ2n) is 7.56. The number of nitrogens with one attached hydrogen (secondary N) is 1. The van der Waals surface area contributed by atoms with Crippen molar-refractivity contribution in [1.29, 1.82) is 0 Å². The lowest BCUT2D eigenvalue weighted by molar-refractivity contribution is -0.138. The van der Waals surface area contributed by atoms with Crippen LogP contribution in [-0.4, -0.2) is 59.8 Å². The topological polar surface area (TPSA) is 79.0 Å². The van der Waals surface area contributed by atoms with Gasteiger partial charge < -0.3 is 19.9 Å². The summed E-state index contributed by atoms with van der Waals surface area (Å²) in [4.78, 5) is 40.9. The maximum absolute atomic E-state index is 12.9. The van der Waals surface area contributed by atoms with Gasteiger partial charge in [0.05, 0.1) is 5.69 Å². The van der Waals surface area contributed by atoms with Crippen molar-refractivity contribution in [3.05, 3.63) is 23.8 Å². The Morgan fingerprint density at radius 1 is 1.07 bits per heavy atom. The minimum absolute atomic E-state index is 0.0800. The molecule has 1 N–H and O–H groups in total. The van der Waals surface area contributed by atoms with E-state index in [2.05, 4.69) is 5.32 Å². The molecule has 1 saturated heterocycles. The van der Waals surface area contributed by atoms with Crippen LogP contribution >= 0.6 is 0 Å². The zero-order valence-electron chi connectivity index (χ0n) is 15.6. The molecular formula is C20H25N3O4. The number of hydrogen-bond donors (Lipinski definition) is 1. The summed E-state index contributed by atoms with van der Waals surface area (Å²) in [5.74, 6) is 0.722. The standard InChI is InChI=1S/C20H25N3O4/c1-13-18(24)21-16-12-15(6-7-17(16)27-13)20(26)23-9-3-8-22(10-11-23)19(25)14-4-2-5-14/h6-7,12-14H,2-5,8-11H2,1H3,(H,21,24). The van der Waals surface area contributed by atoms with E-state index in [0.29, 0.717) is 43.2 Å². The van der Waals surface area contributed by atoms with Crippen LogP contribution in [-0.2, 0) is 9.59 Å². The van der Waals surface area contributed by atoms with Gasteiger partial charge in [-0.05, 0) is 44.4 Å². The van der Waals surface area contributed by atoms with Crippen LogP contribution in [0, 0.1) is 5.92 Å². The van der Waals surface area contributed by atoms with E-state index in [4.69, 9.17) is 4.74 Å². The molecule has 2 fully saturated rings. The summed E-state index contributed by atoms with van der Waals surface area (Å²) in [6.45, 7) is 4.15. The molecule has 0 bridgehead atoms. The Hall–Kier alpha value is -2.57. The fourth-order valence-electron chi connectivity index (χ4n) is 3.78. The van der Waals surface area contributed by atoms with Gasteiger partial charge in [0, 0.05) is 37.7 Å². The second kappa shape index (κ2) is 7.21. The third-order valence-electron chi connectivity index (χ3n) is 5.71. The van der Waals surface area contributed by atoms with Crippen molar-refractivity contribution in [2.75, 3.05) is 31.5 Å². The molecule has 1 saturated carbocycles. The summed E-state index contributed by atoms with van der Waals surface area (Å²) >= 11 is 0. The molecule has 3 aliphatic rings. The Labute approximate surface area is 158 Å². The highest BCUT2D eigenvalue weighted by Crippen LogP contribution is 2.31. The fraction of sp³-hybridized carbons (Fsp3) is 0.550. The van der Waals surface area contributed by atoms with Gasteiger partial charge in [0.25, 0.3) is 11.8 Å². The Morgan fingerprint density at radius 2 is 1.81 bits per heavy atom. The first-order valence-electron chi connectivity index (χ1n) is 9.72. The van der Waals surface area contributed by atoms with E-state index >= 15 is 0 Å². The number of carbonyl (C=O) groups is 3. The zero-order valence-corrected chi connectivity index (χ0v) is 15.6. The molecule has 0 radical (unpaired) electrons. The third-order valence-corrected chi connectivity index (χ3v) is 5.71. The SMILES string of the molecule is CC1Oc2ccc(C(=O)N3CCCN(C(=O)C4CCC4)CC3)cc2NC1=O. The quantitative estimate of drug-likeness (QED) is 0.861. The van der Waals surface area contributed by atoms with E-state index in [-0.39, 0.29) is 23.6 Å². The number of anilines is 1. The molecule has 27 heavy (non-hydrogen) atoms. The highest BCUT2D eigenvalue weighted by atomic mass is 16.5. The van der Waals surface area contributed by atoms with Crippen LogP contribution in [0.4, 0.5) is 5.69 Å². The van der Waals surface area contributed by atoms with Gasteiger partial charge in [-0.15, -0.1) is 0 Å². The predicted molar refractivity (Wildman–Crippen MR) is 99.6 cm³/mol. The van der Waals surface area contributed by atoms with Gasteiger partial charge in [0.1, 0.15) is 5.75 Å². The fourth-order valence-corrected chi connectivity index (χ4v) is 3.78. The van der Waals surface area contributed by atoms with Crippen LogP contribution < -0.4 is 10.1 Å². The van der Waals surface area contributed by atoms with Crippen LogP contribution in [0.15, 0.2) is 18.2 Å². The first-order valence-corrected chi connectivity index (χ1v) is 9.72. The molecule has 1 aromatic carbocycles. The van der Waals surface area contributed by atoms with Gasteiger partial charge in [-0.25, -0.2) is 0 Å². The lowest BCUT2D eigenvalue weighted by atomic mass is 9.84. The average Bonchev–Trinajstić information content (AvgIpc) is 2.86. The van der Waals surface area contributed by atoms with Crippen molar-refractivity contribution >= 4 is 23.4 Å². The number of amides is 3. The lowest BCUT2D eigenvalue weighted by Gasteiger charge is -2.31. The summed E-state index contributed by atoms with van der Waals surface area (Å²) in [5.41, 5.74) is 1.05. The van der Waals surface area contributed by atoms with Gasteiger partial charge >= 0.3 is 0 Å². The molecule has 3 amide bonds. The monoisotopic (exact) mass is 371 g/mol. The Morgan fingerprint density at radius 3 is 2.56 bits per heavy atom. The van der Waals surface area contributed by atoms with Crippen LogP contribution in [0.1, 0.15) is 43.0 Å². The van der Waals surface area contributed by atoms with Gasteiger partial charge in [-0.2, -0.15) is 0 Å². The number of benzene rings is 1. The molecule has 2 heterocycles. The van der Waals surface area contributed by atoms with Crippen molar-refractivity contribution in [1.82, 2.24) is 9.80 Å². The smallest absolute Gasteiger partial charge is 0.265 e. The minimum atomic E-state index is -0.538. The van der Waals surface area contributed by atoms with E-state index < -0.39 is 6.10 Å². The number of ether oxygens (including phenoxy) is 1. The number of rotatable bonds is 2. The van der Waals surface area contributed by atoms with Gasteiger partial charge in [0.2, 0.25) is 5.91 Å². The number of hydrogen-bond acceptors (Lipinski definition) is 4. The molecule has 0 spiro atoms. The molecule has 4 rings (SSSR count). The summed E-state index contributed by atoms with van der Waals surface area (Å²) < 4.78 is 5.54. The minimum Gasteiger partial charge on any atom is -0.479 e. The lowest BCUT2D eigenvalue weighted by Crippen LogP contribution is -2.41. The Bertz CT molecular complexity index is 774. The molecule has 0 aromatic heterocycles.